The molecule has 0 radical (unpaired) electrons. The quantitative estimate of drug-likeness (QED) is 0.649. The summed E-state index contributed by atoms with van der Waals surface area (Å²) in [5.74, 6) is -1.30. The molecule has 0 aliphatic heterocycles. The van der Waals surface area contributed by atoms with Gasteiger partial charge in [-0.05, 0) is 36.3 Å². The van der Waals surface area contributed by atoms with Crippen molar-refractivity contribution in [1.82, 2.24) is 0 Å². The Kier molecular flexibility index (Phi) is 4.53. The van der Waals surface area contributed by atoms with E-state index in [9.17, 15) is 18.4 Å². The van der Waals surface area contributed by atoms with Crippen molar-refractivity contribution in [3.8, 4) is 5.75 Å². The summed E-state index contributed by atoms with van der Waals surface area (Å²) in [6.07, 6.45) is 2.47. The van der Waals surface area contributed by atoms with Crippen LogP contribution in [0.15, 0.2) is 18.2 Å². The van der Waals surface area contributed by atoms with Crippen LogP contribution in [0.1, 0.15) is 21.5 Å². The molecule has 6 heteroatoms. The highest BCUT2D eigenvalue weighted by atomic mass is 19.3. The van der Waals surface area contributed by atoms with Crippen LogP contribution in [0.4, 0.5) is 8.78 Å². The predicted octanol–water partition coefficient (Wildman–Crippen LogP) is 2.51. The first-order chi connectivity index (χ1) is 8.43. The third-order valence-electron chi connectivity index (χ3n) is 2.13. The summed E-state index contributed by atoms with van der Waals surface area (Å²) in [5, 5.41) is 8.48. The minimum Gasteiger partial charge on any atom is -0.478 e. The SMILES string of the molecule is Cc1cc(C=O)c(/C=C/C(=O)O)cc1OC(F)F. The Balaban J connectivity index is 3.21. The molecule has 1 N–H and O–H groups in total. The molecule has 0 heterocycles. The maximum atomic E-state index is 12.1. The lowest BCUT2D eigenvalue weighted by molar-refractivity contribution is -0.131. The number of carboxylic acid groups (broad SMARTS) is 1. The number of alkyl halides is 2. The number of aldehydes is 1. The maximum absolute atomic E-state index is 12.1. The predicted molar refractivity (Wildman–Crippen MR) is 59.9 cm³/mol. The van der Waals surface area contributed by atoms with Crippen LogP contribution in [-0.2, 0) is 4.79 Å². The topological polar surface area (TPSA) is 63.6 Å². The molecule has 0 saturated heterocycles. The van der Waals surface area contributed by atoms with E-state index in [0.29, 0.717) is 11.8 Å². The average Bonchev–Trinajstić information content (AvgIpc) is 2.28. The first-order valence-corrected chi connectivity index (χ1v) is 4.89. The number of benzene rings is 1. The Bertz CT molecular complexity index is 495. The Labute approximate surface area is 101 Å². The zero-order valence-corrected chi connectivity index (χ0v) is 9.39. The number of aliphatic carboxylic acids is 1. The van der Waals surface area contributed by atoms with Crippen molar-refractivity contribution in [2.24, 2.45) is 0 Å². The van der Waals surface area contributed by atoms with Gasteiger partial charge in [0, 0.05) is 11.6 Å². The molecule has 0 bridgehead atoms. The van der Waals surface area contributed by atoms with E-state index in [1.54, 1.807) is 0 Å². The number of halogens is 2. The van der Waals surface area contributed by atoms with E-state index in [4.69, 9.17) is 5.11 Å². The summed E-state index contributed by atoms with van der Waals surface area (Å²) in [4.78, 5) is 21.2. The van der Waals surface area contributed by atoms with Gasteiger partial charge in [0.25, 0.3) is 0 Å². The summed E-state index contributed by atoms with van der Waals surface area (Å²) in [7, 11) is 0. The highest BCUT2D eigenvalue weighted by Crippen LogP contribution is 2.25. The number of carbonyl (C=O) groups excluding carboxylic acids is 1. The van der Waals surface area contributed by atoms with Crippen LogP contribution in [0.25, 0.3) is 6.08 Å². The zero-order valence-electron chi connectivity index (χ0n) is 9.39. The first-order valence-electron chi connectivity index (χ1n) is 4.89. The fourth-order valence-corrected chi connectivity index (χ4v) is 1.36. The summed E-state index contributed by atoms with van der Waals surface area (Å²) in [5.41, 5.74) is 0.769. The number of carbonyl (C=O) groups is 2. The minimum absolute atomic E-state index is 0.0966. The fourth-order valence-electron chi connectivity index (χ4n) is 1.36. The summed E-state index contributed by atoms with van der Waals surface area (Å²) in [6, 6.07) is 2.55. The van der Waals surface area contributed by atoms with Crippen molar-refractivity contribution < 1.29 is 28.2 Å². The Morgan fingerprint density at radius 1 is 1.39 bits per heavy atom. The Morgan fingerprint density at radius 2 is 2.06 bits per heavy atom. The lowest BCUT2D eigenvalue weighted by atomic mass is 10.0. The molecule has 0 atom stereocenters. The molecule has 0 fully saturated rings. The van der Waals surface area contributed by atoms with Gasteiger partial charge in [0.2, 0.25) is 0 Å². The minimum atomic E-state index is -2.98. The van der Waals surface area contributed by atoms with Gasteiger partial charge in [-0.15, -0.1) is 0 Å². The van der Waals surface area contributed by atoms with Crippen LogP contribution in [0.5, 0.6) is 5.75 Å². The number of hydrogen-bond donors (Lipinski definition) is 1. The van der Waals surface area contributed by atoms with Crippen LogP contribution in [-0.4, -0.2) is 24.0 Å². The maximum Gasteiger partial charge on any atom is 0.387 e. The third-order valence-corrected chi connectivity index (χ3v) is 2.13. The highest BCUT2D eigenvalue weighted by molar-refractivity contribution is 5.89. The number of rotatable bonds is 5. The molecule has 0 aromatic heterocycles. The molecule has 1 aromatic carbocycles. The second-order valence-corrected chi connectivity index (χ2v) is 3.41. The standard InChI is InChI=1S/C12H10F2O4/c1-7-4-9(6-15)8(2-3-11(16)17)5-10(7)18-12(13)14/h2-6,12H,1H3,(H,16,17)/b3-2+. The van der Waals surface area contributed by atoms with E-state index in [-0.39, 0.29) is 16.9 Å². The van der Waals surface area contributed by atoms with Crippen molar-refractivity contribution in [3.05, 3.63) is 34.9 Å². The molecular formula is C12H10F2O4. The van der Waals surface area contributed by atoms with Gasteiger partial charge in [-0.25, -0.2) is 4.79 Å². The van der Waals surface area contributed by atoms with E-state index in [1.807, 2.05) is 0 Å². The number of hydrogen-bond acceptors (Lipinski definition) is 3. The molecule has 96 valence electrons. The molecule has 0 spiro atoms. The van der Waals surface area contributed by atoms with Gasteiger partial charge in [0.15, 0.2) is 6.29 Å². The van der Waals surface area contributed by atoms with Gasteiger partial charge in [0.1, 0.15) is 5.75 Å². The first kappa shape index (κ1) is 13.8. The van der Waals surface area contributed by atoms with Crippen molar-refractivity contribution in [2.75, 3.05) is 0 Å². The molecule has 0 unspecified atom stereocenters. The molecule has 1 rings (SSSR count). The van der Waals surface area contributed by atoms with Gasteiger partial charge in [0.05, 0.1) is 0 Å². The van der Waals surface area contributed by atoms with Crippen molar-refractivity contribution >= 4 is 18.3 Å². The lowest BCUT2D eigenvalue weighted by Gasteiger charge is -2.10. The average molecular weight is 256 g/mol. The van der Waals surface area contributed by atoms with E-state index in [0.717, 1.165) is 12.2 Å². The monoisotopic (exact) mass is 256 g/mol. The van der Waals surface area contributed by atoms with Gasteiger partial charge in [-0.3, -0.25) is 4.79 Å². The molecule has 18 heavy (non-hydrogen) atoms. The van der Waals surface area contributed by atoms with Gasteiger partial charge < -0.3 is 9.84 Å². The van der Waals surface area contributed by atoms with Crippen molar-refractivity contribution in [2.45, 2.75) is 13.5 Å². The summed E-state index contributed by atoms with van der Waals surface area (Å²) >= 11 is 0. The van der Waals surface area contributed by atoms with Gasteiger partial charge >= 0.3 is 12.6 Å². The fraction of sp³-hybridized carbons (Fsp3) is 0.167. The smallest absolute Gasteiger partial charge is 0.387 e. The van der Waals surface area contributed by atoms with Crippen LogP contribution < -0.4 is 4.74 Å². The molecule has 1 aromatic rings. The van der Waals surface area contributed by atoms with E-state index >= 15 is 0 Å². The summed E-state index contributed by atoms with van der Waals surface area (Å²) in [6.45, 7) is -1.47. The highest BCUT2D eigenvalue weighted by Gasteiger charge is 2.10. The Morgan fingerprint density at radius 3 is 2.56 bits per heavy atom. The number of ether oxygens (including phenoxy) is 1. The van der Waals surface area contributed by atoms with Crippen LogP contribution in [0.2, 0.25) is 0 Å². The van der Waals surface area contributed by atoms with Crippen molar-refractivity contribution in [1.29, 1.82) is 0 Å². The van der Waals surface area contributed by atoms with E-state index < -0.39 is 12.6 Å². The van der Waals surface area contributed by atoms with Crippen molar-refractivity contribution in [3.63, 3.8) is 0 Å². The second kappa shape index (κ2) is 5.90. The molecular weight excluding hydrogens is 246 g/mol. The zero-order chi connectivity index (χ0) is 13.7. The molecule has 4 nitrogen and oxygen atoms in total. The molecule has 0 aliphatic carbocycles. The molecule has 0 aliphatic rings. The molecule has 0 saturated carbocycles. The lowest BCUT2D eigenvalue weighted by Crippen LogP contribution is -2.04. The number of aryl methyl sites for hydroxylation is 1. The van der Waals surface area contributed by atoms with Crippen LogP contribution in [0.3, 0.4) is 0 Å². The van der Waals surface area contributed by atoms with Gasteiger partial charge in [-0.2, -0.15) is 8.78 Å². The Hall–Kier alpha value is -2.24. The van der Waals surface area contributed by atoms with Gasteiger partial charge in [-0.1, -0.05) is 0 Å². The third kappa shape index (κ3) is 3.65. The van der Waals surface area contributed by atoms with Crippen LogP contribution in [0, 0.1) is 6.92 Å². The molecule has 0 amide bonds. The summed E-state index contributed by atoms with van der Waals surface area (Å²) < 4.78 is 28.5. The largest absolute Gasteiger partial charge is 0.478 e. The number of carboxylic acids is 1. The van der Waals surface area contributed by atoms with Crippen LogP contribution >= 0.6 is 0 Å². The normalized spacial score (nSPS) is 10.9. The van der Waals surface area contributed by atoms with E-state index in [1.165, 1.54) is 19.1 Å². The second-order valence-electron chi connectivity index (χ2n) is 3.41. The van der Waals surface area contributed by atoms with E-state index in [2.05, 4.69) is 4.74 Å².